The molecule has 0 saturated carbocycles. The van der Waals surface area contributed by atoms with Crippen molar-refractivity contribution < 1.29 is 50.0 Å². The number of carboxylic acid groups (broad SMARTS) is 2. The fraction of sp³-hybridized carbons (Fsp3) is 0. The van der Waals surface area contributed by atoms with Gasteiger partial charge >= 0.3 is 29.6 Å². The Bertz CT molecular complexity index is 30.5. The first-order chi connectivity index (χ1) is 1.73. The van der Waals surface area contributed by atoms with Crippen LogP contribution in [0.2, 0.25) is 0 Å². The van der Waals surface area contributed by atoms with Crippen LogP contribution in [0.1, 0.15) is 0 Å². The summed E-state index contributed by atoms with van der Waals surface area (Å²) in [5.74, 6) is 0. The van der Waals surface area contributed by atoms with Crippen LogP contribution in [0.4, 0.5) is 4.79 Å². The Labute approximate surface area is 56.4 Å². The predicted octanol–water partition coefficient (Wildman–Crippen LogP) is -6.27. The Hall–Kier alpha value is 0.230. The molecule has 0 aliphatic rings. The molecular weight excluding hydrogens is 99.0 g/mol. The number of carbonyl (C=O) groups is 1. The SMILES string of the molecule is O.O=C([O-])[O-].[Na+]. The molecule has 0 aliphatic carbocycles. The molecule has 0 aliphatic heterocycles. The van der Waals surface area contributed by atoms with E-state index in [4.69, 9.17) is 15.0 Å². The van der Waals surface area contributed by atoms with Crippen molar-refractivity contribution >= 4 is 6.16 Å². The topological polar surface area (TPSA) is 94.7 Å². The molecule has 0 heterocycles. The van der Waals surface area contributed by atoms with Crippen LogP contribution in [0, 0.1) is 0 Å². The van der Waals surface area contributed by atoms with Crippen molar-refractivity contribution in [2.24, 2.45) is 0 Å². The van der Waals surface area contributed by atoms with Crippen molar-refractivity contribution in [2.75, 3.05) is 0 Å². The average Bonchev–Trinajstić information content (AvgIpc) is 0.811. The molecular formula is CH2NaO4-. The summed E-state index contributed by atoms with van der Waals surface area (Å²) in [7, 11) is 0. The van der Waals surface area contributed by atoms with Crippen molar-refractivity contribution in [3.63, 3.8) is 0 Å². The van der Waals surface area contributed by atoms with Crippen LogP contribution < -0.4 is 39.8 Å². The molecule has 0 aromatic heterocycles. The smallest absolute Gasteiger partial charge is 0.652 e. The van der Waals surface area contributed by atoms with E-state index in [0.29, 0.717) is 0 Å². The second-order valence-electron chi connectivity index (χ2n) is 0.250. The van der Waals surface area contributed by atoms with E-state index < -0.39 is 6.16 Å². The predicted molar refractivity (Wildman–Crippen MR) is 9.01 cm³/mol. The molecule has 0 atom stereocenters. The Morgan fingerprint density at radius 1 is 1.33 bits per heavy atom. The second kappa shape index (κ2) is 8.97. The minimum Gasteiger partial charge on any atom is -0.652 e. The van der Waals surface area contributed by atoms with Crippen molar-refractivity contribution in [1.82, 2.24) is 0 Å². The fourth-order valence-electron chi connectivity index (χ4n) is 0. The summed E-state index contributed by atoms with van der Waals surface area (Å²) in [6.45, 7) is 0. The van der Waals surface area contributed by atoms with Gasteiger partial charge in [-0.2, -0.15) is 0 Å². The summed E-state index contributed by atoms with van der Waals surface area (Å²) in [4.78, 5) is 8.33. The quantitative estimate of drug-likeness (QED) is 0.284. The molecule has 0 fully saturated rings. The molecule has 0 radical (unpaired) electrons. The van der Waals surface area contributed by atoms with Crippen LogP contribution in [-0.4, -0.2) is 11.6 Å². The van der Waals surface area contributed by atoms with Crippen LogP contribution in [0.25, 0.3) is 0 Å². The molecule has 2 N–H and O–H groups in total. The third-order valence-electron chi connectivity index (χ3n) is 0. The molecule has 4 nitrogen and oxygen atoms in total. The molecule has 5 heteroatoms. The first-order valence-electron chi connectivity index (χ1n) is 0.612. The maximum Gasteiger partial charge on any atom is 1.00 e. The summed E-state index contributed by atoms with van der Waals surface area (Å²) in [5, 5.41) is 16.7. The standard InChI is InChI=1S/CH2O3.Na.H2O/c2-1(3)4;;/h(H2,2,3,4);;1H2/q;+1;/p-2. The zero-order valence-corrected chi connectivity index (χ0v) is 5.22. The molecule has 0 unspecified atom stereocenters. The number of hydrogen-bond acceptors (Lipinski definition) is 3. The normalized spacial score (nSPS) is 4.00. The number of carbonyl (C=O) groups excluding carboxylic acids is 1. The minimum atomic E-state index is -2.33. The first kappa shape index (κ1) is 16.3. The summed E-state index contributed by atoms with van der Waals surface area (Å²) >= 11 is 0. The minimum absolute atomic E-state index is 0. The van der Waals surface area contributed by atoms with Crippen molar-refractivity contribution in [1.29, 1.82) is 0 Å². The zero-order chi connectivity index (χ0) is 3.58. The van der Waals surface area contributed by atoms with E-state index in [1.807, 2.05) is 0 Å². The van der Waals surface area contributed by atoms with Gasteiger partial charge in [0.15, 0.2) is 0 Å². The maximum atomic E-state index is 8.33. The summed E-state index contributed by atoms with van der Waals surface area (Å²) in [5.41, 5.74) is 0. The molecule has 0 aromatic carbocycles. The molecule has 0 amide bonds. The maximum absolute atomic E-state index is 8.33. The van der Waals surface area contributed by atoms with E-state index in [1.54, 1.807) is 0 Å². The van der Waals surface area contributed by atoms with Gasteiger partial charge in [0.1, 0.15) is 0 Å². The van der Waals surface area contributed by atoms with Crippen LogP contribution in [-0.2, 0) is 0 Å². The van der Waals surface area contributed by atoms with Gasteiger partial charge in [-0.05, 0) is 6.16 Å². The van der Waals surface area contributed by atoms with Crippen molar-refractivity contribution in [3.8, 4) is 0 Å². The molecule has 32 valence electrons. The number of rotatable bonds is 0. The molecule has 0 aromatic rings. The first-order valence-corrected chi connectivity index (χ1v) is 0.612. The third kappa shape index (κ3) is 834. The Morgan fingerprint density at radius 2 is 1.33 bits per heavy atom. The molecule has 0 rings (SSSR count). The van der Waals surface area contributed by atoms with Gasteiger partial charge in [0.05, 0.1) is 0 Å². The fourth-order valence-corrected chi connectivity index (χ4v) is 0. The van der Waals surface area contributed by atoms with Crippen molar-refractivity contribution in [3.05, 3.63) is 0 Å². The van der Waals surface area contributed by atoms with Gasteiger partial charge in [-0.15, -0.1) is 0 Å². The van der Waals surface area contributed by atoms with E-state index in [2.05, 4.69) is 0 Å². The Kier molecular flexibility index (Phi) is 24.4. The van der Waals surface area contributed by atoms with E-state index in [0.717, 1.165) is 0 Å². The molecule has 0 bridgehead atoms. The van der Waals surface area contributed by atoms with Gasteiger partial charge in [-0.3, -0.25) is 0 Å². The van der Waals surface area contributed by atoms with Crippen LogP contribution in [0.3, 0.4) is 0 Å². The summed E-state index contributed by atoms with van der Waals surface area (Å²) in [6.07, 6.45) is -2.33. The van der Waals surface area contributed by atoms with E-state index in [-0.39, 0.29) is 35.0 Å². The van der Waals surface area contributed by atoms with E-state index in [1.165, 1.54) is 0 Å². The van der Waals surface area contributed by atoms with Gasteiger partial charge in [0.2, 0.25) is 0 Å². The zero-order valence-electron chi connectivity index (χ0n) is 3.22. The van der Waals surface area contributed by atoms with Crippen molar-refractivity contribution in [2.45, 2.75) is 0 Å². The average molecular weight is 101 g/mol. The van der Waals surface area contributed by atoms with Crippen LogP contribution in [0.5, 0.6) is 0 Å². The molecule has 0 saturated heterocycles. The Balaban J connectivity index is -0.0000000450. The van der Waals surface area contributed by atoms with Gasteiger partial charge in [-0.25, -0.2) is 0 Å². The summed E-state index contributed by atoms with van der Waals surface area (Å²) < 4.78 is 0. The molecule has 6 heavy (non-hydrogen) atoms. The van der Waals surface area contributed by atoms with Crippen LogP contribution in [0.15, 0.2) is 0 Å². The van der Waals surface area contributed by atoms with Gasteiger partial charge in [-0.1, -0.05) is 0 Å². The monoisotopic (exact) mass is 101 g/mol. The largest absolute Gasteiger partial charge is 1.00 e. The summed E-state index contributed by atoms with van der Waals surface area (Å²) in [6, 6.07) is 0. The van der Waals surface area contributed by atoms with Gasteiger partial charge < -0.3 is 20.5 Å². The van der Waals surface area contributed by atoms with Gasteiger partial charge in [0.25, 0.3) is 0 Å². The van der Waals surface area contributed by atoms with Crippen LogP contribution >= 0.6 is 0 Å². The van der Waals surface area contributed by atoms with Gasteiger partial charge in [0, 0.05) is 0 Å². The number of hydrogen-bond donors (Lipinski definition) is 0. The third-order valence-corrected chi connectivity index (χ3v) is 0. The molecule has 0 spiro atoms. The van der Waals surface area contributed by atoms with E-state index >= 15 is 0 Å². The Morgan fingerprint density at radius 3 is 1.33 bits per heavy atom. The van der Waals surface area contributed by atoms with E-state index in [9.17, 15) is 0 Å². The second-order valence-corrected chi connectivity index (χ2v) is 0.250.